The van der Waals surface area contributed by atoms with Crippen LogP contribution in [0.25, 0.3) is 10.1 Å². The average molecular weight is 537 g/mol. The molecule has 2 aromatic carbocycles. The van der Waals surface area contributed by atoms with Gasteiger partial charge in [-0.1, -0.05) is 40.9 Å². The summed E-state index contributed by atoms with van der Waals surface area (Å²) < 4.78 is 38.6. The van der Waals surface area contributed by atoms with Gasteiger partial charge in [-0.25, -0.2) is 0 Å². The molecule has 33 heavy (non-hydrogen) atoms. The van der Waals surface area contributed by atoms with Gasteiger partial charge in [-0.2, -0.15) is 13.2 Å². The number of carbonyl (C=O) groups excluding carboxylic acids is 2. The van der Waals surface area contributed by atoms with Crippen LogP contribution in [0.2, 0.25) is 15.1 Å². The van der Waals surface area contributed by atoms with Crippen LogP contribution in [-0.4, -0.2) is 49.1 Å². The molecular formula is C21H15Cl3F3N3O2S. The molecule has 1 aliphatic rings. The van der Waals surface area contributed by atoms with Gasteiger partial charge in [-0.15, -0.1) is 11.3 Å². The molecule has 0 saturated carbocycles. The molecule has 4 rings (SSSR count). The van der Waals surface area contributed by atoms with Crippen LogP contribution in [0, 0.1) is 0 Å². The van der Waals surface area contributed by atoms with Gasteiger partial charge in [0.2, 0.25) is 0 Å². The highest BCUT2D eigenvalue weighted by Crippen LogP contribution is 2.37. The normalized spacial score (nSPS) is 14.6. The number of rotatable bonds is 3. The third-order valence-electron chi connectivity index (χ3n) is 5.15. The monoisotopic (exact) mass is 535 g/mol. The van der Waals surface area contributed by atoms with Crippen molar-refractivity contribution < 1.29 is 22.8 Å². The van der Waals surface area contributed by atoms with Gasteiger partial charge < -0.3 is 15.1 Å². The molecule has 5 nitrogen and oxygen atoms in total. The molecule has 0 spiro atoms. The van der Waals surface area contributed by atoms with Crippen molar-refractivity contribution in [1.82, 2.24) is 4.90 Å². The number of fused-ring (bicyclic) bond motifs is 1. The minimum absolute atomic E-state index is 0.0678. The summed E-state index contributed by atoms with van der Waals surface area (Å²) >= 11 is 20.0. The van der Waals surface area contributed by atoms with Crippen LogP contribution in [0.15, 0.2) is 36.4 Å². The Labute approximate surface area is 205 Å². The average Bonchev–Trinajstić information content (AvgIpc) is 3.08. The van der Waals surface area contributed by atoms with Crippen molar-refractivity contribution in [3.8, 4) is 0 Å². The maximum atomic E-state index is 12.8. The Balaban J connectivity index is 1.45. The Morgan fingerprint density at radius 2 is 1.67 bits per heavy atom. The second-order valence-electron chi connectivity index (χ2n) is 7.28. The number of piperazine rings is 1. The van der Waals surface area contributed by atoms with E-state index < -0.39 is 18.0 Å². The fourth-order valence-corrected chi connectivity index (χ4v) is 5.53. The van der Waals surface area contributed by atoms with E-state index in [2.05, 4.69) is 5.32 Å². The number of benzene rings is 2. The van der Waals surface area contributed by atoms with Crippen molar-refractivity contribution >= 4 is 79.4 Å². The molecule has 2 amide bonds. The van der Waals surface area contributed by atoms with Gasteiger partial charge in [-0.3, -0.25) is 9.59 Å². The van der Waals surface area contributed by atoms with Gasteiger partial charge in [0.15, 0.2) is 0 Å². The van der Waals surface area contributed by atoms with Crippen LogP contribution in [0.4, 0.5) is 24.5 Å². The van der Waals surface area contributed by atoms with Gasteiger partial charge in [0, 0.05) is 47.0 Å². The van der Waals surface area contributed by atoms with E-state index in [4.69, 9.17) is 34.8 Å². The zero-order valence-corrected chi connectivity index (χ0v) is 19.8. The van der Waals surface area contributed by atoms with E-state index >= 15 is 0 Å². The summed E-state index contributed by atoms with van der Waals surface area (Å²) in [6.45, 7) is 0.267. The highest BCUT2D eigenvalue weighted by Gasteiger charge is 2.43. The number of carbonyl (C=O) groups is 2. The summed E-state index contributed by atoms with van der Waals surface area (Å²) in [5.41, 5.74) is 1.04. The van der Waals surface area contributed by atoms with Gasteiger partial charge in [0.1, 0.15) is 4.88 Å². The largest absolute Gasteiger partial charge is 0.471 e. The minimum Gasteiger partial charge on any atom is -0.367 e. The topological polar surface area (TPSA) is 52.7 Å². The number of hydrogen-bond donors (Lipinski definition) is 1. The molecule has 1 saturated heterocycles. The van der Waals surface area contributed by atoms with Crippen molar-refractivity contribution in [2.75, 3.05) is 36.4 Å². The number of thiophene rings is 1. The second kappa shape index (κ2) is 9.21. The van der Waals surface area contributed by atoms with Crippen LogP contribution in [0.3, 0.4) is 0 Å². The second-order valence-corrected chi connectivity index (χ2v) is 9.56. The van der Waals surface area contributed by atoms with Gasteiger partial charge >= 0.3 is 12.1 Å². The van der Waals surface area contributed by atoms with Crippen molar-refractivity contribution in [2.24, 2.45) is 0 Å². The molecule has 174 valence electrons. The molecule has 1 aliphatic heterocycles. The van der Waals surface area contributed by atoms with E-state index in [1.54, 1.807) is 41.3 Å². The summed E-state index contributed by atoms with van der Waals surface area (Å²) in [6.07, 6.45) is -4.89. The smallest absolute Gasteiger partial charge is 0.367 e. The molecule has 0 unspecified atom stereocenters. The predicted octanol–water partition coefficient (Wildman–Crippen LogP) is 6.32. The summed E-state index contributed by atoms with van der Waals surface area (Å²) in [5.74, 6) is -2.24. The minimum atomic E-state index is -4.89. The first kappa shape index (κ1) is 23.9. The Morgan fingerprint density at radius 3 is 2.30 bits per heavy atom. The molecule has 3 aromatic rings. The third-order valence-corrected chi connectivity index (χ3v) is 7.35. The molecule has 0 bridgehead atoms. The molecule has 1 aromatic heterocycles. The van der Waals surface area contributed by atoms with E-state index in [1.807, 2.05) is 0 Å². The summed E-state index contributed by atoms with van der Waals surface area (Å²) in [5, 5.41) is 4.68. The summed E-state index contributed by atoms with van der Waals surface area (Å²) in [4.78, 5) is 27.1. The highest BCUT2D eigenvalue weighted by molar-refractivity contribution is 7.21. The lowest BCUT2D eigenvalue weighted by atomic mass is 10.2. The number of nitrogens with zero attached hydrogens (tertiary/aromatic N) is 2. The molecule has 2 heterocycles. The van der Waals surface area contributed by atoms with E-state index in [0.29, 0.717) is 31.3 Å². The lowest BCUT2D eigenvalue weighted by Crippen LogP contribution is -2.52. The maximum Gasteiger partial charge on any atom is 0.471 e. The maximum absolute atomic E-state index is 12.8. The fraction of sp³-hybridized carbons (Fsp3) is 0.238. The molecule has 0 aliphatic carbocycles. The van der Waals surface area contributed by atoms with Crippen molar-refractivity contribution in [2.45, 2.75) is 6.18 Å². The molecule has 0 atom stereocenters. The number of anilines is 2. The number of amides is 2. The SMILES string of the molecule is O=C(Nc1ccc(N2CCN(C(=O)C(F)(F)F)CC2)c(Cl)c1)c1sc2cc(Cl)ccc2c1Cl. The van der Waals surface area contributed by atoms with Gasteiger partial charge in [0.05, 0.1) is 15.7 Å². The predicted molar refractivity (Wildman–Crippen MR) is 126 cm³/mol. The number of alkyl halides is 3. The van der Waals surface area contributed by atoms with Crippen LogP contribution in [0.1, 0.15) is 9.67 Å². The van der Waals surface area contributed by atoms with Crippen molar-refractivity contribution in [3.63, 3.8) is 0 Å². The molecule has 0 radical (unpaired) electrons. The Morgan fingerprint density at radius 1 is 0.970 bits per heavy atom. The Bertz CT molecular complexity index is 1240. The molecule has 1 fully saturated rings. The lowest BCUT2D eigenvalue weighted by Gasteiger charge is -2.36. The lowest BCUT2D eigenvalue weighted by molar-refractivity contribution is -0.185. The first-order chi connectivity index (χ1) is 15.5. The van der Waals surface area contributed by atoms with Crippen LogP contribution >= 0.6 is 46.1 Å². The van der Waals surface area contributed by atoms with Crippen LogP contribution in [0.5, 0.6) is 0 Å². The van der Waals surface area contributed by atoms with Crippen molar-refractivity contribution in [3.05, 3.63) is 56.3 Å². The van der Waals surface area contributed by atoms with E-state index in [1.165, 1.54) is 11.3 Å². The zero-order chi connectivity index (χ0) is 23.9. The van der Waals surface area contributed by atoms with Crippen LogP contribution < -0.4 is 10.2 Å². The fourth-order valence-electron chi connectivity index (χ4n) is 3.54. The Kier molecular flexibility index (Phi) is 6.68. The van der Waals surface area contributed by atoms with Gasteiger partial charge in [-0.05, 0) is 30.3 Å². The number of hydrogen-bond acceptors (Lipinski definition) is 4. The van der Waals surface area contributed by atoms with E-state index in [-0.39, 0.29) is 26.2 Å². The standard InChI is InChI=1S/C21H15Cl3F3N3O2S/c22-11-1-3-13-16(9-11)33-18(17(13)24)19(31)28-12-2-4-15(14(23)10-12)29-5-7-30(8-6-29)20(32)21(25,26)27/h1-4,9-10H,5-8H2,(H,28,31). The quantitative estimate of drug-likeness (QED) is 0.426. The number of nitrogens with one attached hydrogen (secondary N) is 1. The van der Waals surface area contributed by atoms with Gasteiger partial charge in [0.25, 0.3) is 5.91 Å². The molecule has 1 N–H and O–H groups in total. The van der Waals surface area contributed by atoms with E-state index in [0.717, 1.165) is 15.0 Å². The summed E-state index contributed by atoms with van der Waals surface area (Å²) in [7, 11) is 0. The van der Waals surface area contributed by atoms with Crippen LogP contribution in [-0.2, 0) is 4.79 Å². The third kappa shape index (κ3) is 5.01. The molecule has 12 heteroatoms. The van der Waals surface area contributed by atoms with E-state index in [9.17, 15) is 22.8 Å². The highest BCUT2D eigenvalue weighted by atomic mass is 35.5. The summed E-state index contributed by atoms with van der Waals surface area (Å²) in [6, 6.07) is 10.1. The number of halogens is 6. The first-order valence-corrected chi connectivity index (χ1v) is 11.6. The van der Waals surface area contributed by atoms with Crippen molar-refractivity contribution in [1.29, 1.82) is 0 Å². The molecular weight excluding hydrogens is 522 g/mol. The first-order valence-electron chi connectivity index (χ1n) is 9.64. The Hall–Kier alpha value is -2.20. The zero-order valence-electron chi connectivity index (χ0n) is 16.7.